The molecule has 1 aromatic heterocycles. The number of fused-ring (bicyclic) bond motifs is 1. The van der Waals surface area contributed by atoms with Crippen molar-refractivity contribution in [1.29, 1.82) is 0 Å². The maximum Gasteiger partial charge on any atom is 0.228 e. The fourth-order valence-electron chi connectivity index (χ4n) is 5.13. The van der Waals surface area contributed by atoms with Crippen LogP contribution in [-0.2, 0) is 16.0 Å². The van der Waals surface area contributed by atoms with Crippen LogP contribution in [0, 0.1) is 18.8 Å². The molecule has 4 rings (SSSR count). The lowest BCUT2D eigenvalue weighted by Crippen LogP contribution is -2.41. The molecule has 158 valence electrons. The van der Waals surface area contributed by atoms with E-state index in [1.54, 1.807) is 0 Å². The zero-order valence-electron chi connectivity index (χ0n) is 18.1. The molecule has 0 bridgehead atoms. The third kappa shape index (κ3) is 4.17. The molecule has 2 amide bonds. The number of carbonyl (C=O) groups is 2. The molecular formula is C23H34N4O2. The van der Waals surface area contributed by atoms with Crippen LogP contribution < -0.4 is 4.90 Å². The lowest BCUT2D eigenvalue weighted by atomic mass is 9.93. The quantitative estimate of drug-likeness (QED) is 0.777. The van der Waals surface area contributed by atoms with Crippen molar-refractivity contribution < 1.29 is 9.59 Å². The first-order valence-electron chi connectivity index (χ1n) is 11.4. The number of hydrogen-bond donors (Lipinski definition) is 0. The Labute approximate surface area is 174 Å². The Hall–Kier alpha value is -1.98. The molecule has 0 atom stereocenters. The summed E-state index contributed by atoms with van der Waals surface area (Å²) in [5, 5.41) is 0. The average Bonchev–Trinajstić information content (AvgIpc) is 3.24. The van der Waals surface area contributed by atoms with Gasteiger partial charge in [0.2, 0.25) is 11.8 Å². The summed E-state index contributed by atoms with van der Waals surface area (Å²) in [6.07, 6.45) is 7.62. The molecule has 3 aliphatic rings. The molecule has 1 aromatic rings. The maximum absolute atomic E-state index is 12.7. The molecule has 1 saturated heterocycles. The minimum Gasteiger partial charge on any atom is -0.342 e. The normalized spacial score (nSPS) is 21.2. The SMILES string of the molecule is Cc1nc(C2CCN(C(=O)C3CCCC3)CC2)nc2c1CCC(=O)N2CC(C)C. The summed E-state index contributed by atoms with van der Waals surface area (Å²) in [7, 11) is 0. The molecule has 3 heterocycles. The zero-order valence-corrected chi connectivity index (χ0v) is 18.1. The van der Waals surface area contributed by atoms with Crippen LogP contribution in [0.15, 0.2) is 0 Å². The Kier molecular flexibility index (Phi) is 5.88. The molecule has 1 saturated carbocycles. The summed E-state index contributed by atoms with van der Waals surface area (Å²) in [6, 6.07) is 0. The topological polar surface area (TPSA) is 66.4 Å². The second-order valence-electron chi connectivity index (χ2n) is 9.45. The third-order valence-electron chi connectivity index (χ3n) is 6.78. The van der Waals surface area contributed by atoms with Crippen LogP contribution in [0.5, 0.6) is 0 Å². The Morgan fingerprint density at radius 2 is 1.76 bits per heavy atom. The van der Waals surface area contributed by atoms with Crippen LogP contribution in [-0.4, -0.2) is 46.3 Å². The van der Waals surface area contributed by atoms with Gasteiger partial charge in [0.05, 0.1) is 0 Å². The van der Waals surface area contributed by atoms with Crippen molar-refractivity contribution in [2.75, 3.05) is 24.5 Å². The van der Waals surface area contributed by atoms with E-state index in [0.29, 0.717) is 24.8 Å². The molecule has 6 nitrogen and oxygen atoms in total. The van der Waals surface area contributed by atoms with E-state index < -0.39 is 0 Å². The Balaban J connectivity index is 1.50. The summed E-state index contributed by atoms with van der Waals surface area (Å²) in [6.45, 7) is 8.62. The van der Waals surface area contributed by atoms with Crippen molar-refractivity contribution in [1.82, 2.24) is 14.9 Å². The number of carbonyl (C=O) groups excluding carboxylic acids is 2. The van der Waals surface area contributed by atoms with Crippen LogP contribution >= 0.6 is 0 Å². The number of nitrogens with zero attached hydrogens (tertiary/aromatic N) is 4. The van der Waals surface area contributed by atoms with Crippen molar-refractivity contribution in [3.63, 3.8) is 0 Å². The predicted molar refractivity (Wildman–Crippen MR) is 113 cm³/mol. The van der Waals surface area contributed by atoms with Gasteiger partial charge in [-0.05, 0) is 44.9 Å². The summed E-state index contributed by atoms with van der Waals surface area (Å²) in [5.41, 5.74) is 2.14. The van der Waals surface area contributed by atoms with Crippen molar-refractivity contribution in [3.05, 3.63) is 17.1 Å². The van der Waals surface area contributed by atoms with E-state index in [1.807, 2.05) is 11.8 Å². The van der Waals surface area contributed by atoms with E-state index in [9.17, 15) is 9.59 Å². The number of likely N-dealkylation sites (tertiary alicyclic amines) is 1. The Morgan fingerprint density at radius 3 is 2.41 bits per heavy atom. The van der Waals surface area contributed by atoms with Crippen LogP contribution in [0.3, 0.4) is 0 Å². The van der Waals surface area contributed by atoms with E-state index in [2.05, 4.69) is 18.7 Å². The molecule has 2 aliphatic heterocycles. The standard InChI is InChI=1S/C23H34N4O2/c1-15(2)14-27-20(28)9-8-19-16(3)24-21(25-22(19)27)17-10-12-26(13-11-17)23(29)18-6-4-5-7-18/h15,17-18H,4-14H2,1-3H3. The minimum atomic E-state index is 0.173. The van der Waals surface area contributed by atoms with Gasteiger partial charge in [-0.1, -0.05) is 26.7 Å². The second kappa shape index (κ2) is 8.41. The fraction of sp³-hybridized carbons (Fsp3) is 0.739. The van der Waals surface area contributed by atoms with Gasteiger partial charge in [0, 0.05) is 49.1 Å². The van der Waals surface area contributed by atoms with E-state index in [0.717, 1.165) is 68.1 Å². The lowest BCUT2D eigenvalue weighted by molar-refractivity contribution is -0.136. The predicted octanol–water partition coefficient (Wildman–Crippen LogP) is 3.62. The molecule has 29 heavy (non-hydrogen) atoms. The summed E-state index contributed by atoms with van der Waals surface area (Å²) < 4.78 is 0. The second-order valence-corrected chi connectivity index (χ2v) is 9.45. The third-order valence-corrected chi connectivity index (χ3v) is 6.78. The fourth-order valence-corrected chi connectivity index (χ4v) is 5.13. The maximum atomic E-state index is 12.7. The van der Waals surface area contributed by atoms with Gasteiger partial charge in [0.15, 0.2) is 0 Å². The van der Waals surface area contributed by atoms with Gasteiger partial charge in [0.25, 0.3) is 0 Å². The van der Waals surface area contributed by atoms with Crippen molar-refractivity contribution in [2.24, 2.45) is 11.8 Å². The van der Waals surface area contributed by atoms with Crippen LogP contribution in [0.1, 0.15) is 81.8 Å². The highest BCUT2D eigenvalue weighted by atomic mass is 16.2. The van der Waals surface area contributed by atoms with Gasteiger partial charge in [-0.15, -0.1) is 0 Å². The summed E-state index contributed by atoms with van der Waals surface area (Å²) >= 11 is 0. The highest BCUT2D eigenvalue weighted by molar-refractivity contribution is 5.95. The van der Waals surface area contributed by atoms with Gasteiger partial charge >= 0.3 is 0 Å². The Morgan fingerprint density at radius 1 is 1.07 bits per heavy atom. The first-order chi connectivity index (χ1) is 13.9. The van der Waals surface area contributed by atoms with Gasteiger partial charge < -0.3 is 4.90 Å². The largest absolute Gasteiger partial charge is 0.342 e. The first kappa shape index (κ1) is 20.3. The smallest absolute Gasteiger partial charge is 0.228 e. The molecule has 2 fully saturated rings. The van der Waals surface area contributed by atoms with Crippen molar-refractivity contribution in [2.45, 2.75) is 78.1 Å². The molecule has 0 radical (unpaired) electrons. The number of aryl methyl sites for hydroxylation is 1. The van der Waals surface area contributed by atoms with Gasteiger partial charge in [-0.2, -0.15) is 0 Å². The number of hydrogen-bond acceptors (Lipinski definition) is 4. The molecule has 0 N–H and O–H groups in total. The molecule has 0 aromatic carbocycles. The first-order valence-corrected chi connectivity index (χ1v) is 11.4. The highest BCUT2D eigenvalue weighted by Crippen LogP contribution is 2.34. The molecule has 1 aliphatic carbocycles. The number of piperidine rings is 1. The number of rotatable bonds is 4. The van der Waals surface area contributed by atoms with Crippen LogP contribution in [0.4, 0.5) is 5.82 Å². The van der Waals surface area contributed by atoms with Crippen LogP contribution in [0.25, 0.3) is 0 Å². The van der Waals surface area contributed by atoms with Crippen molar-refractivity contribution >= 4 is 17.6 Å². The summed E-state index contributed by atoms with van der Waals surface area (Å²) in [4.78, 5) is 39.0. The average molecular weight is 399 g/mol. The van der Waals surface area contributed by atoms with Gasteiger partial charge in [-0.3, -0.25) is 14.5 Å². The molecule has 0 unspecified atom stereocenters. The van der Waals surface area contributed by atoms with Crippen LogP contribution in [0.2, 0.25) is 0 Å². The number of amides is 2. The van der Waals surface area contributed by atoms with E-state index in [-0.39, 0.29) is 17.7 Å². The molecule has 0 spiro atoms. The molecule has 6 heteroatoms. The van der Waals surface area contributed by atoms with Gasteiger partial charge in [0.1, 0.15) is 11.6 Å². The van der Waals surface area contributed by atoms with E-state index in [4.69, 9.17) is 9.97 Å². The highest BCUT2D eigenvalue weighted by Gasteiger charge is 2.33. The summed E-state index contributed by atoms with van der Waals surface area (Å²) in [5.74, 6) is 3.14. The Bertz CT molecular complexity index is 777. The van der Waals surface area contributed by atoms with Crippen molar-refractivity contribution in [3.8, 4) is 0 Å². The lowest BCUT2D eigenvalue weighted by Gasteiger charge is -2.34. The molecular weight excluding hydrogens is 364 g/mol. The van der Waals surface area contributed by atoms with E-state index >= 15 is 0 Å². The number of anilines is 1. The monoisotopic (exact) mass is 398 g/mol. The number of aromatic nitrogens is 2. The van der Waals surface area contributed by atoms with E-state index in [1.165, 1.54) is 12.8 Å². The van der Waals surface area contributed by atoms with Gasteiger partial charge in [-0.25, -0.2) is 9.97 Å². The zero-order chi connectivity index (χ0) is 20.5. The minimum absolute atomic E-state index is 0.173.